The Balaban J connectivity index is 2.52. The minimum absolute atomic E-state index is 0.472. The lowest BCUT2D eigenvalue weighted by Crippen LogP contribution is -2.04. The van der Waals surface area contributed by atoms with Crippen molar-refractivity contribution >= 4 is 11.8 Å². The lowest BCUT2D eigenvalue weighted by atomic mass is 10.1. The maximum absolute atomic E-state index is 9.52. The summed E-state index contributed by atoms with van der Waals surface area (Å²) in [5, 5.41) is 9.52. The summed E-state index contributed by atoms with van der Waals surface area (Å²) in [6.07, 6.45) is -0.472. The van der Waals surface area contributed by atoms with Gasteiger partial charge in [0.05, 0.1) is 12.7 Å². The molecule has 1 aromatic rings. The Kier molecular flexibility index (Phi) is 5.58. The van der Waals surface area contributed by atoms with Crippen molar-refractivity contribution in [3.05, 3.63) is 29.8 Å². The van der Waals surface area contributed by atoms with Gasteiger partial charge in [-0.25, -0.2) is 0 Å². The van der Waals surface area contributed by atoms with Crippen LogP contribution < -0.4 is 4.74 Å². The molecule has 0 aliphatic heterocycles. The van der Waals surface area contributed by atoms with Crippen LogP contribution in [0.25, 0.3) is 0 Å². The van der Waals surface area contributed by atoms with Crippen molar-refractivity contribution in [2.45, 2.75) is 20.0 Å². The molecule has 0 aliphatic rings. The molecule has 84 valence electrons. The van der Waals surface area contributed by atoms with Crippen molar-refractivity contribution < 1.29 is 9.84 Å². The number of thioether (sulfide) groups is 1. The first-order chi connectivity index (χ1) is 7.25. The standard InChI is InChI=1S/C12H18O2S/c1-3-15-9-8-14-12-7-5-4-6-11(12)10(2)13/h4-7,10,13H,3,8-9H2,1-2H3/t10-/m0/s1. The first-order valence-electron chi connectivity index (χ1n) is 5.23. The lowest BCUT2D eigenvalue weighted by molar-refractivity contribution is 0.192. The van der Waals surface area contributed by atoms with Crippen LogP contribution in [-0.2, 0) is 0 Å². The van der Waals surface area contributed by atoms with Crippen molar-refractivity contribution in [1.29, 1.82) is 0 Å². The second-order valence-electron chi connectivity index (χ2n) is 3.26. The van der Waals surface area contributed by atoms with Gasteiger partial charge in [-0.3, -0.25) is 0 Å². The van der Waals surface area contributed by atoms with Gasteiger partial charge in [-0.15, -0.1) is 0 Å². The van der Waals surface area contributed by atoms with Crippen molar-refractivity contribution in [3.63, 3.8) is 0 Å². The Hall–Kier alpha value is -0.670. The average Bonchev–Trinajstić information content (AvgIpc) is 2.25. The van der Waals surface area contributed by atoms with Gasteiger partial charge in [0.25, 0.3) is 0 Å². The molecule has 0 aromatic heterocycles. The van der Waals surface area contributed by atoms with E-state index >= 15 is 0 Å². The molecule has 0 bridgehead atoms. The van der Waals surface area contributed by atoms with Crippen molar-refractivity contribution in [2.24, 2.45) is 0 Å². The molecule has 0 unspecified atom stereocenters. The maximum atomic E-state index is 9.52. The van der Waals surface area contributed by atoms with Crippen molar-refractivity contribution in [3.8, 4) is 5.75 Å². The number of aliphatic hydroxyl groups excluding tert-OH is 1. The fourth-order valence-corrected chi connectivity index (χ4v) is 1.80. The zero-order valence-electron chi connectivity index (χ0n) is 9.27. The number of hydrogen-bond donors (Lipinski definition) is 1. The third-order valence-electron chi connectivity index (χ3n) is 2.06. The summed E-state index contributed by atoms with van der Waals surface area (Å²) in [7, 11) is 0. The highest BCUT2D eigenvalue weighted by atomic mass is 32.2. The summed E-state index contributed by atoms with van der Waals surface area (Å²) >= 11 is 1.85. The van der Waals surface area contributed by atoms with Gasteiger partial charge in [-0.2, -0.15) is 11.8 Å². The van der Waals surface area contributed by atoms with Crippen LogP contribution in [0, 0.1) is 0 Å². The van der Waals surface area contributed by atoms with Gasteiger partial charge in [0.2, 0.25) is 0 Å². The summed E-state index contributed by atoms with van der Waals surface area (Å²) in [4.78, 5) is 0. The highest BCUT2D eigenvalue weighted by Gasteiger charge is 2.07. The smallest absolute Gasteiger partial charge is 0.125 e. The first-order valence-corrected chi connectivity index (χ1v) is 6.38. The Morgan fingerprint density at radius 2 is 2.13 bits per heavy atom. The number of para-hydroxylation sites is 1. The Morgan fingerprint density at radius 1 is 1.40 bits per heavy atom. The largest absolute Gasteiger partial charge is 0.492 e. The van der Waals surface area contributed by atoms with Gasteiger partial charge < -0.3 is 9.84 Å². The van der Waals surface area contributed by atoms with Crippen LogP contribution >= 0.6 is 11.8 Å². The van der Waals surface area contributed by atoms with E-state index < -0.39 is 6.10 Å². The number of benzene rings is 1. The molecule has 0 amide bonds. The minimum atomic E-state index is -0.472. The van der Waals surface area contributed by atoms with Crippen molar-refractivity contribution in [1.82, 2.24) is 0 Å². The van der Waals surface area contributed by atoms with Crippen LogP contribution in [0.5, 0.6) is 5.75 Å². The second-order valence-corrected chi connectivity index (χ2v) is 4.65. The first kappa shape index (κ1) is 12.4. The normalized spacial score (nSPS) is 12.5. The van der Waals surface area contributed by atoms with Crippen LogP contribution in [0.3, 0.4) is 0 Å². The molecule has 0 saturated carbocycles. The lowest BCUT2D eigenvalue weighted by Gasteiger charge is -2.12. The molecule has 0 saturated heterocycles. The summed E-state index contributed by atoms with van der Waals surface area (Å²) in [5.41, 5.74) is 0.860. The molecule has 3 heteroatoms. The molecule has 15 heavy (non-hydrogen) atoms. The topological polar surface area (TPSA) is 29.5 Å². The van der Waals surface area contributed by atoms with E-state index in [-0.39, 0.29) is 0 Å². The predicted molar refractivity (Wildman–Crippen MR) is 65.6 cm³/mol. The molecule has 1 rings (SSSR count). The molecule has 0 aliphatic carbocycles. The van der Waals surface area contributed by atoms with Gasteiger partial charge in [-0.05, 0) is 18.7 Å². The molecule has 1 N–H and O–H groups in total. The second kappa shape index (κ2) is 6.75. The number of hydrogen-bond acceptors (Lipinski definition) is 3. The van der Waals surface area contributed by atoms with E-state index in [0.717, 1.165) is 22.8 Å². The van der Waals surface area contributed by atoms with E-state index in [1.807, 2.05) is 36.0 Å². The van der Waals surface area contributed by atoms with E-state index in [1.54, 1.807) is 6.92 Å². The van der Waals surface area contributed by atoms with Crippen LogP contribution in [0.4, 0.5) is 0 Å². The number of rotatable bonds is 6. The quantitative estimate of drug-likeness (QED) is 0.756. The third-order valence-corrected chi connectivity index (χ3v) is 2.92. The van der Waals surface area contributed by atoms with E-state index in [1.165, 1.54) is 0 Å². The molecule has 0 spiro atoms. The molecule has 0 heterocycles. The molecular weight excluding hydrogens is 208 g/mol. The molecule has 1 aromatic carbocycles. The van der Waals surface area contributed by atoms with Crippen LogP contribution in [0.15, 0.2) is 24.3 Å². The minimum Gasteiger partial charge on any atom is -0.492 e. The van der Waals surface area contributed by atoms with Gasteiger partial charge in [0.1, 0.15) is 5.75 Å². The Bertz CT molecular complexity index is 287. The average molecular weight is 226 g/mol. The fourth-order valence-electron chi connectivity index (χ4n) is 1.31. The van der Waals surface area contributed by atoms with Gasteiger partial charge >= 0.3 is 0 Å². The summed E-state index contributed by atoms with van der Waals surface area (Å²) < 4.78 is 5.62. The van der Waals surface area contributed by atoms with Gasteiger partial charge in [0.15, 0.2) is 0 Å². The molecular formula is C12H18O2S. The summed E-state index contributed by atoms with van der Waals surface area (Å²) in [6, 6.07) is 7.63. The number of aliphatic hydroxyl groups is 1. The summed E-state index contributed by atoms with van der Waals surface area (Å²) in [5.74, 6) is 2.90. The monoisotopic (exact) mass is 226 g/mol. The molecule has 0 radical (unpaired) electrons. The van der Waals surface area contributed by atoms with Gasteiger partial charge in [-0.1, -0.05) is 25.1 Å². The zero-order valence-corrected chi connectivity index (χ0v) is 10.1. The SMILES string of the molecule is CCSCCOc1ccccc1[C@H](C)O. The Morgan fingerprint density at radius 3 is 2.80 bits per heavy atom. The fraction of sp³-hybridized carbons (Fsp3) is 0.500. The van der Waals surface area contributed by atoms with Crippen LogP contribution in [-0.4, -0.2) is 23.2 Å². The molecule has 2 nitrogen and oxygen atoms in total. The van der Waals surface area contributed by atoms with E-state index in [9.17, 15) is 5.11 Å². The highest BCUT2D eigenvalue weighted by Crippen LogP contribution is 2.24. The predicted octanol–water partition coefficient (Wildman–Crippen LogP) is 2.87. The van der Waals surface area contributed by atoms with Gasteiger partial charge in [0, 0.05) is 11.3 Å². The van der Waals surface area contributed by atoms with Crippen LogP contribution in [0.1, 0.15) is 25.5 Å². The van der Waals surface area contributed by atoms with E-state index in [2.05, 4.69) is 6.92 Å². The zero-order chi connectivity index (χ0) is 11.1. The van der Waals surface area contributed by atoms with E-state index in [0.29, 0.717) is 6.61 Å². The maximum Gasteiger partial charge on any atom is 0.125 e. The van der Waals surface area contributed by atoms with Crippen LogP contribution in [0.2, 0.25) is 0 Å². The molecule has 0 fully saturated rings. The third kappa shape index (κ3) is 4.14. The number of ether oxygens (including phenoxy) is 1. The van der Waals surface area contributed by atoms with E-state index in [4.69, 9.17) is 4.74 Å². The highest BCUT2D eigenvalue weighted by molar-refractivity contribution is 7.99. The molecule has 1 atom stereocenters. The van der Waals surface area contributed by atoms with Crippen molar-refractivity contribution in [2.75, 3.05) is 18.1 Å². The Labute approximate surface area is 95.7 Å². The summed E-state index contributed by atoms with van der Waals surface area (Å²) in [6.45, 7) is 4.58.